The van der Waals surface area contributed by atoms with Gasteiger partial charge in [-0.15, -0.1) is 0 Å². The highest BCUT2D eigenvalue weighted by Gasteiger charge is 1.82. The zero-order valence-corrected chi connectivity index (χ0v) is 5.02. The van der Waals surface area contributed by atoms with Crippen LogP contribution in [0.25, 0.3) is 0 Å². The summed E-state index contributed by atoms with van der Waals surface area (Å²) in [5.41, 5.74) is 0.514. The highest BCUT2D eigenvalue weighted by molar-refractivity contribution is 5.70. The third-order valence-electron chi connectivity index (χ3n) is 0.649. The fourth-order valence-electron chi connectivity index (χ4n) is 0.332. The number of carbonyl (C=O) groups excluding carboxylic acids is 1. The third kappa shape index (κ3) is 3.36. The monoisotopic (exact) mass is 142 g/mol. The van der Waals surface area contributed by atoms with E-state index in [1.165, 1.54) is 6.20 Å². The molecule has 1 aromatic rings. The molecule has 0 spiro atoms. The van der Waals surface area contributed by atoms with E-state index in [9.17, 15) is 4.79 Å². The smallest absolute Gasteiger partial charge is 0.290 e. The number of aromatic amines is 1. The van der Waals surface area contributed by atoms with Gasteiger partial charge >= 0.3 is 0 Å². The van der Waals surface area contributed by atoms with E-state index in [2.05, 4.69) is 10.2 Å². The zero-order valence-electron chi connectivity index (χ0n) is 5.02. The van der Waals surface area contributed by atoms with Gasteiger partial charge in [0, 0.05) is 6.20 Å². The van der Waals surface area contributed by atoms with Crippen LogP contribution in [0, 0.1) is 0 Å². The molecule has 0 aliphatic rings. The van der Waals surface area contributed by atoms with Crippen LogP contribution in [0.1, 0.15) is 10.5 Å². The van der Waals surface area contributed by atoms with Crippen molar-refractivity contribution < 1.29 is 14.7 Å². The number of carbonyl (C=O) groups is 2. The number of nitrogens with zero attached hydrogens (tertiary/aromatic N) is 1. The summed E-state index contributed by atoms with van der Waals surface area (Å²) in [6.07, 6.45) is 2.25. The summed E-state index contributed by atoms with van der Waals surface area (Å²) in [5.74, 6) is 0. The van der Waals surface area contributed by atoms with Crippen molar-refractivity contribution in [3.63, 3.8) is 0 Å². The quantitative estimate of drug-likeness (QED) is 0.537. The number of carboxylic acid groups (broad SMARTS) is 1. The van der Waals surface area contributed by atoms with Gasteiger partial charge in [0.15, 0.2) is 6.29 Å². The van der Waals surface area contributed by atoms with Crippen LogP contribution in [-0.2, 0) is 4.79 Å². The van der Waals surface area contributed by atoms with E-state index in [0.717, 1.165) is 0 Å². The van der Waals surface area contributed by atoms with Gasteiger partial charge in [0.25, 0.3) is 6.47 Å². The first-order valence-corrected chi connectivity index (χ1v) is 2.37. The Kier molecular flexibility index (Phi) is 4.58. The van der Waals surface area contributed by atoms with Gasteiger partial charge in [-0.25, -0.2) is 0 Å². The Morgan fingerprint density at radius 3 is 2.40 bits per heavy atom. The van der Waals surface area contributed by atoms with E-state index in [1.54, 1.807) is 6.07 Å². The van der Waals surface area contributed by atoms with E-state index in [1.807, 2.05) is 0 Å². The standard InChI is InChI=1S/C4H4N2O.CH2O2/c7-3-4-1-2-5-6-4;2-1-3/h1-3H,(H,5,6);1H,(H,2,3). The van der Waals surface area contributed by atoms with Crippen molar-refractivity contribution in [1.29, 1.82) is 0 Å². The molecule has 2 N–H and O–H groups in total. The van der Waals surface area contributed by atoms with Crippen molar-refractivity contribution in [2.24, 2.45) is 0 Å². The fraction of sp³-hybridized carbons (Fsp3) is 0. The summed E-state index contributed by atoms with van der Waals surface area (Å²) >= 11 is 0. The molecule has 1 aromatic heterocycles. The maximum atomic E-state index is 9.80. The molecule has 1 heterocycles. The molecule has 0 saturated carbocycles. The topological polar surface area (TPSA) is 83.0 Å². The lowest BCUT2D eigenvalue weighted by molar-refractivity contribution is -0.122. The molecule has 0 amide bonds. The highest BCUT2D eigenvalue weighted by atomic mass is 16.3. The number of hydrogen-bond donors (Lipinski definition) is 2. The first-order valence-electron chi connectivity index (χ1n) is 2.37. The van der Waals surface area contributed by atoms with Gasteiger partial charge in [0.05, 0.1) is 5.69 Å². The van der Waals surface area contributed by atoms with Gasteiger partial charge in [-0.1, -0.05) is 0 Å². The van der Waals surface area contributed by atoms with Gasteiger partial charge in [0.2, 0.25) is 0 Å². The minimum atomic E-state index is -0.250. The van der Waals surface area contributed by atoms with Crippen molar-refractivity contribution in [1.82, 2.24) is 10.2 Å². The van der Waals surface area contributed by atoms with E-state index >= 15 is 0 Å². The minimum absolute atomic E-state index is 0.250. The number of hydrogen-bond acceptors (Lipinski definition) is 3. The lowest BCUT2D eigenvalue weighted by Crippen LogP contribution is -1.75. The molecule has 0 fully saturated rings. The number of rotatable bonds is 1. The average molecular weight is 142 g/mol. The maximum Gasteiger partial charge on any atom is 0.290 e. The third-order valence-corrected chi connectivity index (χ3v) is 0.649. The molecule has 0 aliphatic heterocycles. The summed E-state index contributed by atoms with van der Waals surface area (Å²) < 4.78 is 0. The summed E-state index contributed by atoms with van der Waals surface area (Å²) in [5, 5.41) is 12.9. The van der Waals surface area contributed by atoms with Gasteiger partial charge in [-0.2, -0.15) is 5.10 Å². The Bertz CT molecular complexity index is 183. The highest BCUT2D eigenvalue weighted by Crippen LogP contribution is 1.81. The minimum Gasteiger partial charge on any atom is -0.483 e. The van der Waals surface area contributed by atoms with Crippen molar-refractivity contribution in [2.45, 2.75) is 0 Å². The van der Waals surface area contributed by atoms with Crippen molar-refractivity contribution >= 4 is 12.8 Å². The van der Waals surface area contributed by atoms with Crippen molar-refractivity contribution in [3.8, 4) is 0 Å². The SMILES string of the molecule is O=CO.O=Cc1ccn[nH]1. The van der Waals surface area contributed by atoms with Gasteiger partial charge in [0.1, 0.15) is 0 Å². The Balaban J connectivity index is 0.000000236. The van der Waals surface area contributed by atoms with Crippen LogP contribution >= 0.6 is 0 Å². The predicted molar refractivity (Wildman–Crippen MR) is 32.7 cm³/mol. The molecule has 0 radical (unpaired) electrons. The Morgan fingerprint density at radius 2 is 2.20 bits per heavy atom. The van der Waals surface area contributed by atoms with Crippen molar-refractivity contribution in [2.75, 3.05) is 0 Å². The van der Waals surface area contributed by atoms with E-state index in [-0.39, 0.29) is 6.47 Å². The maximum absolute atomic E-state index is 9.80. The van der Waals surface area contributed by atoms with E-state index < -0.39 is 0 Å². The first kappa shape index (κ1) is 8.35. The molecule has 0 saturated heterocycles. The molecule has 0 aliphatic carbocycles. The Hall–Kier alpha value is -1.65. The molecule has 0 atom stereocenters. The van der Waals surface area contributed by atoms with Gasteiger partial charge < -0.3 is 5.11 Å². The van der Waals surface area contributed by atoms with Gasteiger partial charge in [-0.3, -0.25) is 14.7 Å². The summed E-state index contributed by atoms with van der Waals surface area (Å²) in [6, 6.07) is 1.60. The van der Waals surface area contributed by atoms with Crippen LogP contribution in [0.2, 0.25) is 0 Å². The van der Waals surface area contributed by atoms with Crippen LogP contribution in [0.15, 0.2) is 12.3 Å². The lowest BCUT2D eigenvalue weighted by Gasteiger charge is -1.68. The fourth-order valence-corrected chi connectivity index (χ4v) is 0.332. The molecule has 1 rings (SSSR count). The Morgan fingerprint density at radius 1 is 1.60 bits per heavy atom. The summed E-state index contributed by atoms with van der Waals surface area (Å²) in [6.45, 7) is -0.250. The molecule has 0 unspecified atom stereocenters. The summed E-state index contributed by atoms with van der Waals surface area (Å²) in [7, 11) is 0. The molecular formula is C5H6N2O3. The number of H-pyrrole nitrogens is 1. The van der Waals surface area contributed by atoms with Crippen LogP contribution in [0.5, 0.6) is 0 Å². The molecule has 0 aromatic carbocycles. The molecule has 5 nitrogen and oxygen atoms in total. The largest absolute Gasteiger partial charge is 0.483 e. The second-order valence-corrected chi connectivity index (χ2v) is 1.24. The van der Waals surface area contributed by atoms with E-state index in [0.29, 0.717) is 12.0 Å². The number of nitrogens with one attached hydrogen (secondary N) is 1. The number of aldehydes is 1. The lowest BCUT2D eigenvalue weighted by atomic mass is 10.5. The average Bonchev–Trinajstić information content (AvgIpc) is 2.39. The molecular weight excluding hydrogens is 136 g/mol. The zero-order chi connectivity index (χ0) is 7.82. The summed E-state index contributed by atoms with van der Waals surface area (Å²) in [4.78, 5) is 18.2. The Labute approximate surface area is 56.7 Å². The van der Waals surface area contributed by atoms with Crippen LogP contribution in [-0.4, -0.2) is 28.1 Å². The van der Waals surface area contributed by atoms with Crippen LogP contribution in [0.3, 0.4) is 0 Å². The normalized spacial score (nSPS) is 7.20. The molecule has 0 bridgehead atoms. The molecule has 5 heteroatoms. The molecule has 54 valence electrons. The second-order valence-electron chi connectivity index (χ2n) is 1.24. The van der Waals surface area contributed by atoms with E-state index in [4.69, 9.17) is 9.90 Å². The molecule has 10 heavy (non-hydrogen) atoms. The predicted octanol–water partition coefficient (Wildman–Crippen LogP) is -0.0770. The first-order chi connectivity index (χ1) is 4.85. The van der Waals surface area contributed by atoms with Gasteiger partial charge in [-0.05, 0) is 6.07 Å². The second kappa shape index (κ2) is 5.49. The van der Waals surface area contributed by atoms with Crippen LogP contribution in [0.4, 0.5) is 0 Å². The number of aromatic nitrogens is 2. The van der Waals surface area contributed by atoms with Crippen molar-refractivity contribution in [3.05, 3.63) is 18.0 Å². The van der Waals surface area contributed by atoms with Crippen LogP contribution < -0.4 is 0 Å².